The second-order valence-electron chi connectivity index (χ2n) is 5.78. The average Bonchev–Trinajstić information content (AvgIpc) is 2.52. The first-order chi connectivity index (χ1) is 9.76. The fourth-order valence-electron chi connectivity index (χ4n) is 3.01. The van der Waals surface area contributed by atoms with Crippen LogP contribution in [0.4, 0.5) is 0 Å². The maximum atomic E-state index is 6.61. The molecule has 0 radical (unpaired) electrons. The molecule has 2 nitrogen and oxygen atoms in total. The highest BCUT2D eigenvalue weighted by molar-refractivity contribution is 5.85. The van der Waals surface area contributed by atoms with Crippen molar-refractivity contribution in [3.8, 4) is 0 Å². The van der Waals surface area contributed by atoms with Crippen molar-refractivity contribution >= 4 is 24.8 Å². The highest BCUT2D eigenvalue weighted by Gasteiger charge is 2.31. The molecule has 2 N–H and O–H groups in total. The summed E-state index contributed by atoms with van der Waals surface area (Å²) >= 11 is 0. The third-order valence-corrected chi connectivity index (χ3v) is 4.35. The van der Waals surface area contributed by atoms with Gasteiger partial charge in [-0.3, -0.25) is 4.90 Å². The van der Waals surface area contributed by atoms with Crippen molar-refractivity contribution in [1.29, 1.82) is 0 Å². The topological polar surface area (TPSA) is 29.3 Å². The number of nitrogens with two attached hydrogens (primary N) is 1. The predicted molar refractivity (Wildman–Crippen MR) is 97.8 cm³/mol. The quantitative estimate of drug-likeness (QED) is 0.916. The lowest BCUT2D eigenvalue weighted by atomic mass is 9.82. The van der Waals surface area contributed by atoms with Crippen LogP contribution in [0.2, 0.25) is 0 Å². The van der Waals surface area contributed by atoms with E-state index in [0.29, 0.717) is 0 Å². The van der Waals surface area contributed by atoms with Crippen molar-refractivity contribution in [2.45, 2.75) is 24.9 Å². The molecular weight excluding hydrogens is 315 g/mol. The fourth-order valence-corrected chi connectivity index (χ4v) is 3.01. The van der Waals surface area contributed by atoms with E-state index in [1.807, 2.05) is 0 Å². The molecule has 120 valence electrons. The van der Waals surface area contributed by atoms with Crippen LogP contribution in [0.3, 0.4) is 0 Å². The van der Waals surface area contributed by atoms with E-state index < -0.39 is 0 Å². The molecular formula is C18H24Cl2N2. The zero-order chi connectivity index (χ0) is 13.8. The molecule has 22 heavy (non-hydrogen) atoms. The summed E-state index contributed by atoms with van der Waals surface area (Å²) in [5, 5.41) is 0. The summed E-state index contributed by atoms with van der Waals surface area (Å²) in [5.41, 5.74) is 9.13. The molecule has 1 heterocycles. The van der Waals surface area contributed by atoms with Crippen LogP contribution in [0.1, 0.15) is 24.0 Å². The molecule has 1 aliphatic heterocycles. The lowest BCUT2D eigenvalue weighted by Gasteiger charge is -2.39. The van der Waals surface area contributed by atoms with Crippen LogP contribution >= 0.6 is 24.8 Å². The Morgan fingerprint density at radius 2 is 1.32 bits per heavy atom. The normalized spacial score (nSPS) is 17.1. The molecule has 0 unspecified atom stereocenters. The monoisotopic (exact) mass is 338 g/mol. The molecule has 2 aromatic rings. The molecule has 1 fully saturated rings. The number of hydrogen-bond acceptors (Lipinski definition) is 2. The summed E-state index contributed by atoms with van der Waals surface area (Å²) in [4.78, 5) is 2.50. The summed E-state index contributed by atoms with van der Waals surface area (Å²) in [5.74, 6) is 0. The molecule has 3 rings (SSSR count). The molecule has 0 bridgehead atoms. The van der Waals surface area contributed by atoms with E-state index in [9.17, 15) is 0 Å². The maximum absolute atomic E-state index is 6.61. The van der Waals surface area contributed by atoms with Gasteiger partial charge < -0.3 is 5.73 Å². The third kappa shape index (κ3) is 4.47. The average molecular weight is 339 g/mol. The van der Waals surface area contributed by atoms with Crippen molar-refractivity contribution < 1.29 is 0 Å². The van der Waals surface area contributed by atoms with Gasteiger partial charge >= 0.3 is 0 Å². The summed E-state index contributed by atoms with van der Waals surface area (Å²) in [6.07, 6.45) is 2.06. The number of piperidine rings is 1. The number of hydrogen-bond donors (Lipinski definition) is 1. The Hall–Kier alpha value is -1.06. The van der Waals surface area contributed by atoms with Gasteiger partial charge in [-0.05, 0) is 24.0 Å². The maximum Gasteiger partial charge on any atom is 0.0434 e. The van der Waals surface area contributed by atoms with E-state index in [1.165, 1.54) is 11.1 Å². The smallest absolute Gasteiger partial charge is 0.0434 e. The van der Waals surface area contributed by atoms with Crippen LogP contribution in [0, 0.1) is 0 Å². The Morgan fingerprint density at radius 1 is 0.818 bits per heavy atom. The first-order valence-corrected chi connectivity index (χ1v) is 7.37. The Bertz CT molecular complexity index is 538. The number of rotatable bonds is 3. The Labute approximate surface area is 145 Å². The number of halogens is 2. The van der Waals surface area contributed by atoms with Crippen molar-refractivity contribution in [2.24, 2.45) is 5.73 Å². The van der Waals surface area contributed by atoms with Gasteiger partial charge in [0, 0.05) is 25.2 Å². The minimum Gasteiger partial charge on any atom is -0.321 e. The van der Waals surface area contributed by atoms with Gasteiger partial charge in [-0.25, -0.2) is 0 Å². The van der Waals surface area contributed by atoms with Gasteiger partial charge in [-0.15, -0.1) is 24.8 Å². The zero-order valence-corrected chi connectivity index (χ0v) is 14.3. The highest BCUT2D eigenvalue weighted by Crippen LogP contribution is 2.30. The van der Waals surface area contributed by atoms with E-state index in [1.54, 1.807) is 0 Å². The highest BCUT2D eigenvalue weighted by atomic mass is 35.5. The van der Waals surface area contributed by atoms with Crippen LogP contribution in [0.25, 0.3) is 0 Å². The van der Waals surface area contributed by atoms with Crippen LogP contribution in [-0.4, -0.2) is 18.0 Å². The number of nitrogens with zero attached hydrogens (tertiary/aromatic N) is 1. The van der Waals surface area contributed by atoms with Gasteiger partial charge in [0.1, 0.15) is 0 Å². The second kappa shape index (κ2) is 8.54. The van der Waals surface area contributed by atoms with Crippen LogP contribution < -0.4 is 5.73 Å². The molecule has 1 saturated heterocycles. The molecule has 0 amide bonds. The summed E-state index contributed by atoms with van der Waals surface area (Å²) in [6, 6.07) is 21.2. The summed E-state index contributed by atoms with van der Waals surface area (Å²) in [7, 11) is 0. The van der Waals surface area contributed by atoms with Gasteiger partial charge in [0.2, 0.25) is 0 Å². The predicted octanol–water partition coefficient (Wildman–Crippen LogP) is 3.98. The largest absolute Gasteiger partial charge is 0.321 e. The van der Waals surface area contributed by atoms with E-state index >= 15 is 0 Å². The van der Waals surface area contributed by atoms with Crippen LogP contribution in [0.15, 0.2) is 60.7 Å². The molecule has 0 atom stereocenters. The first-order valence-electron chi connectivity index (χ1n) is 7.37. The van der Waals surface area contributed by atoms with Crippen molar-refractivity contribution in [2.75, 3.05) is 13.1 Å². The molecule has 1 aliphatic rings. The van der Waals surface area contributed by atoms with Gasteiger partial charge in [0.05, 0.1) is 0 Å². The van der Waals surface area contributed by atoms with Crippen molar-refractivity contribution in [3.05, 3.63) is 71.8 Å². The summed E-state index contributed by atoms with van der Waals surface area (Å²) in [6.45, 7) is 3.17. The Kier molecular flexibility index (Phi) is 7.37. The minimum atomic E-state index is -0.144. The van der Waals surface area contributed by atoms with Gasteiger partial charge in [-0.1, -0.05) is 60.7 Å². The first kappa shape index (κ1) is 19.0. The van der Waals surface area contributed by atoms with E-state index in [2.05, 4.69) is 65.6 Å². The zero-order valence-electron chi connectivity index (χ0n) is 12.7. The lowest BCUT2D eigenvalue weighted by Crippen LogP contribution is -2.47. The van der Waals surface area contributed by atoms with E-state index in [4.69, 9.17) is 5.73 Å². The fraction of sp³-hybridized carbons (Fsp3) is 0.333. The van der Waals surface area contributed by atoms with Crippen LogP contribution in [0.5, 0.6) is 0 Å². The molecule has 4 heteroatoms. The number of benzene rings is 2. The number of likely N-dealkylation sites (tertiary alicyclic amines) is 1. The minimum absolute atomic E-state index is 0. The van der Waals surface area contributed by atoms with Gasteiger partial charge in [0.15, 0.2) is 0 Å². The second-order valence-corrected chi connectivity index (χ2v) is 5.78. The lowest BCUT2D eigenvalue weighted by molar-refractivity contribution is 0.155. The van der Waals surface area contributed by atoms with Crippen molar-refractivity contribution in [1.82, 2.24) is 4.90 Å². The van der Waals surface area contributed by atoms with Crippen LogP contribution in [-0.2, 0) is 12.1 Å². The third-order valence-electron chi connectivity index (χ3n) is 4.35. The Balaban J connectivity index is 0.00000121. The summed E-state index contributed by atoms with van der Waals surface area (Å²) < 4.78 is 0. The molecule has 2 aromatic carbocycles. The van der Waals surface area contributed by atoms with E-state index in [0.717, 1.165) is 32.5 Å². The van der Waals surface area contributed by atoms with E-state index in [-0.39, 0.29) is 30.4 Å². The molecule has 0 aromatic heterocycles. The molecule has 0 saturated carbocycles. The van der Waals surface area contributed by atoms with Crippen molar-refractivity contribution in [3.63, 3.8) is 0 Å². The molecule has 0 spiro atoms. The van der Waals surface area contributed by atoms with Gasteiger partial charge in [-0.2, -0.15) is 0 Å². The Morgan fingerprint density at radius 3 is 1.86 bits per heavy atom. The SMILES string of the molecule is Cl.Cl.NC1(c2ccccc2)CCN(Cc2ccccc2)CC1. The van der Waals surface area contributed by atoms with Gasteiger partial charge in [0.25, 0.3) is 0 Å². The standard InChI is InChI=1S/C18H22N2.2ClH/c19-18(17-9-5-2-6-10-17)11-13-20(14-12-18)15-16-7-3-1-4-8-16;;/h1-10H,11-15,19H2;2*1H. The molecule has 0 aliphatic carbocycles.